The third-order valence-electron chi connectivity index (χ3n) is 5.45. The van der Waals surface area contributed by atoms with Gasteiger partial charge in [-0.1, -0.05) is 12.1 Å². The predicted molar refractivity (Wildman–Crippen MR) is 88.0 cm³/mol. The Hall–Kier alpha value is -1.81. The average molecular weight is 297 g/mol. The first kappa shape index (κ1) is 13.8. The summed E-state index contributed by atoms with van der Waals surface area (Å²) in [4.78, 5) is 18.1. The van der Waals surface area contributed by atoms with Gasteiger partial charge in [-0.15, -0.1) is 0 Å². The molecule has 4 nitrogen and oxygen atoms in total. The number of likely N-dealkylation sites (tertiary alicyclic amines) is 1. The Morgan fingerprint density at radius 3 is 3.14 bits per heavy atom. The summed E-state index contributed by atoms with van der Waals surface area (Å²) in [6, 6.07) is 7.05. The van der Waals surface area contributed by atoms with Crippen molar-refractivity contribution in [1.82, 2.24) is 15.2 Å². The fourth-order valence-corrected chi connectivity index (χ4v) is 4.45. The Balaban J connectivity index is 1.73. The first-order chi connectivity index (χ1) is 10.7. The van der Waals surface area contributed by atoms with Crippen molar-refractivity contribution in [1.29, 1.82) is 0 Å². The van der Waals surface area contributed by atoms with Crippen LogP contribution in [0.25, 0.3) is 10.9 Å². The quantitative estimate of drug-likeness (QED) is 0.893. The number of carbonyl (C=O) groups excluding carboxylic acids is 1. The minimum absolute atomic E-state index is 0.0990. The van der Waals surface area contributed by atoms with Crippen LogP contribution in [-0.4, -0.2) is 42.0 Å². The molecule has 3 unspecified atom stereocenters. The molecule has 1 aromatic carbocycles. The normalized spacial score (nSPS) is 27.6. The monoisotopic (exact) mass is 297 g/mol. The van der Waals surface area contributed by atoms with E-state index in [4.69, 9.17) is 0 Å². The molecule has 0 radical (unpaired) electrons. The van der Waals surface area contributed by atoms with Crippen molar-refractivity contribution in [3.8, 4) is 0 Å². The van der Waals surface area contributed by atoms with E-state index in [-0.39, 0.29) is 11.8 Å². The van der Waals surface area contributed by atoms with Crippen molar-refractivity contribution < 1.29 is 4.79 Å². The zero-order valence-corrected chi connectivity index (χ0v) is 13.2. The van der Waals surface area contributed by atoms with Gasteiger partial charge in [-0.25, -0.2) is 0 Å². The molecule has 1 amide bonds. The second-order valence-corrected chi connectivity index (χ2v) is 6.73. The van der Waals surface area contributed by atoms with Crippen LogP contribution in [0.4, 0.5) is 0 Å². The fourth-order valence-electron chi connectivity index (χ4n) is 4.45. The maximum Gasteiger partial charge on any atom is 0.224 e. The molecule has 0 saturated carbocycles. The van der Waals surface area contributed by atoms with Crippen molar-refractivity contribution in [2.24, 2.45) is 5.92 Å². The molecule has 2 aromatic rings. The lowest BCUT2D eigenvalue weighted by Gasteiger charge is -2.45. The number of rotatable bonds is 2. The van der Waals surface area contributed by atoms with E-state index in [0.29, 0.717) is 18.5 Å². The summed E-state index contributed by atoms with van der Waals surface area (Å²) in [6.45, 7) is 3.56. The smallest absolute Gasteiger partial charge is 0.224 e. The molecule has 0 spiro atoms. The largest absolute Gasteiger partial charge is 0.361 e. The molecule has 1 aliphatic carbocycles. The highest BCUT2D eigenvalue weighted by molar-refractivity contribution is 5.88. The average Bonchev–Trinajstić information content (AvgIpc) is 2.93. The van der Waals surface area contributed by atoms with Crippen LogP contribution in [0.3, 0.4) is 0 Å². The van der Waals surface area contributed by atoms with Gasteiger partial charge < -0.3 is 15.2 Å². The van der Waals surface area contributed by atoms with Gasteiger partial charge in [0, 0.05) is 42.1 Å². The molecule has 2 heterocycles. The van der Waals surface area contributed by atoms with Crippen molar-refractivity contribution in [3.05, 3.63) is 35.5 Å². The van der Waals surface area contributed by atoms with E-state index < -0.39 is 0 Å². The molecule has 2 aliphatic rings. The molecule has 0 bridgehead atoms. The molecule has 1 aromatic heterocycles. The van der Waals surface area contributed by atoms with Gasteiger partial charge in [-0.05, 0) is 44.0 Å². The SMILES string of the molecule is CCNC(=O)C1CC2c3cccc4[nH]cc(c34)CC2N(C)C1. The highest BCUT2D eigenvalue weighted by Gasteiger charge is 2.41. The highest BCUT2D eigenvalue weighted by Crippen LogP contribution is 2.44. The van der Waals surface area contributed by atoms with E-state index in [9.17, 15) is 4.79 Å². The second kappa shape index (κ2) is 5.13. The van der Waals surface area contributed by atoms with Crippen LogP contribution >= 0.6 is 0 Å². The van der Waals surface area contributed by atoms with Gasteiger partial charge in [-0.3, -0.25) is 4.79 Å². The first-order valence-corrected chi connectivity index (χ1v) is 8.26. The number of nitrogens with one attached hydrogen (secondary N) is 2. The Morgan fingerprint density at radius 1 is 1.45 bits per heavy atom. The van der Waals surface area contributed by atoms with Crippen molar-refractivity contribution in [2.75, 3.05) is 20.1 Å². The topological polar surface area (TPSA) is 48.1 Å². The van der Waals surface area contributed by atoms with Gasteiger partial charge in [-0.2, -0.15) is 0 Å². The second-order valence-electron chi connectivity index (χ2n) is 6.73. The minimum Gasteiger partial charge on any atom is -0.361 e. The Bertz CT molecular complexity index is 720. The number of aromatic amines is 1. The standard InChI is InChI=1S/C18H23N3O/c1-3-19-18(22)12-7-14-13-5-4-6-15-17(13)11(9-20-15)8-16(14)21(2)10-12/h4-6,9,12,14,16,20H,3,7-8,10H2,1-2H3,(H,19,22). The number of amides is 1. The van der Waals surface area contributed by atoms with E-state index in [1.807, 2.05) is 6.92 Å². The minimum atomic E-state index is 0.0990. The van der Waals surface area contributed by atoms with Gasteiger partial charge in [0.05, 0.1) is 5.92 Å². The number of piperidine rings is 1. The molecule has 1 saturated heterocycles. The Labute approximate surface area is 130 Å². The summed E-state index contributed by atoms with van der Waals surface area (Å²) in [5, 5.41) is 4.40. The lowest BCUT2D eigenvalue weighted by molar-refractivity contribution is -0.127. The number of fused-ring (bicyclic) bond motifs is 2. The molecular formula is C18H23N3O. The van der Waals surface area contributed by atoms with Gasteiger partial charge in [0.1, 0.15) is 0 Å². The van der Waals surface area contributed by atoms with Crippen molar-refractivity contribution in [3.63, 3.8) is 0 Å². The van der Waals surface area contributed by atoms with Gasteiger partial charge in [0.2, 0.25) is 5.91 Å². The van der Waals surface area contributed by atoms with Crippen LogP contribution < -0.4 is 5.32 Å². The lowest BCUT2D eigenvalue weighted by Crippen LogP contribution is -2.51. The molecule has 1 aliphatic heterocycles. The molecule has 116 valence electrons. The predicted octanol–water partition coefficient (Wildman–Crippen LogP) is 2.26. The number of H-pyrrole nitrogens is 1. The van der Waals surface area contributed by atoms with Crippen molar-refractivity contribution in [2.45, 2.75) is 31.7 Å². The van der Waals surface area contributed by atoms with Crippen LogP contribution in [0.2, 0.25) is 0 Å². The summed E-state index contributed by atoms with van der Waals surface area (Å²) < 4.78 is 0. The van der Waals surface area contributed by atoms with Crippen molar-refractivity contribution >= 4 is 16.8 Å². The van der Waals surface area contributed by atoms with Crippen LogP contribution in [0.1, 0.15) is 30.4 Å². The highest BCUT2D eigenvalue weighted by atomic mass is 16.1. The van der Waals surface area contributed by atoms with E-state index >= 15 is 0 Å². The maximum atomic E-state index is 12.3. The first-order valence-electron chi connectivity index (χ1n) is 8.26. The zero-order chi connectivity index (χ0) is 15.3. The van der Waals surface area contributed by atoms with Gasteiger partial charge in [0.25, 0.3) is 0 Å². The zero-order valence-electron chi connectivity index (χ0n) is 13.2. The van der Waals surface area contributed by atoms with E-state index in [1.54, 1.807) is 0 Å². The summed E-state index contributed by atoms with van der Waals surface area (Å²) in [6.07, 6.45) is 4.21. The number of hydrogen-bond donors (Lipinski definition) is 2. The molecule has 4 rings (SSSR count). The Kier molecular flexibility index (Phi) is 3.22. The molecule has 3 atom stereocenters. The molecular weight excluding hydrogens is 274 g/mol. The molecule has 4 heteroatoms. The third-order valence-corrected chi connectivity index (χ3v) is 5.45. The number of hydrogen-bond acceptors (Lipinski definition) is 2. The van der Waals surface area contributed by atoms with E-state index in [1.165, 1.54) is 22.0 Å². The fraction of sp³-hybridized carbons (Fsp3) is 0.500. The summed E-state index contributed by atoms with van der Waals surface area (Å²) >= 11 is 0. The van der Waals surface area contributed by atoms with Crippen LogP contribution in [0.15, 0.2) is 24.4 Å². The van der Waals surface area contributed by atoms with Gasteiger partial charge >= 0.3 is 0 Å². The summed E-state index contributed by atoms with van der Waals surface area (Å²) in [5.74, 6) is 0.764. The Morgan fingerprint density at radius 2 is 2.32 bits per heavy atom. The van der Waals surface area contributed by atoms with Crippen LogP contribution in [0, 0.1) is 5.92 Å². The molecule has 1 fully saturated rings. The molecule has 2 N–H and O–H groups in total. The molecule has 22 heavy (non-hydrogen) atoms. The number of likely N-dealkylation sites (N-methyl/N-ethyl adjacent to an activating group) is 1. The number of benzene rings is 1. The number of nitrogens with zero attached hydrogens (tertiary/aromatic N) is 1. The number of carbonyl (C=O) groups is 1. The van der Waals surface area contributed by atoms with Crippen LogP contribution in [0.5, 0.6) is 0 Å². The maximum absolute atomic E-state index is 12.3. The number of aromatic nitrogens is 1. The van der Waals surface area contributed by atoms with E-state index in [0.717, 1.165) is 19.4 Å². The van der Waals surface area contributed by atoms with Gasteiger partial charge in [0.15, 0.2) is 0 Å². The summed E-state index contributed by atoms with van der Waals surface area (Å²) in [5.41, 5.74) is 4.08. The lowest BCUT2D eigenvalue weighted by atomic mass is 9.72. The summed E-state index contributed by atoms with van der Waals surface area (Å²) in [7, 11) is 2.17. The van der Waals surface area contributed by atoms with Crippen LogP contribution in [-0.2, 0) is 11.2 Å². The van der Waals surface area contributed by atoms with E-state index in [2.05, 4.69) is 46.6 Å². The third kappa shape index (κ3) is 1.97.